The Morgan fingerprint density at radius 3 is 2.67 bits per heavy atom. The lowest BCUT2D eigenvalue weighted by Crippen LogP contribution is -2.63. The second kappa shape index (κ2) is 5.77. The van der Waals surface area contributed by atoms with Crippen molar-refractivity contribution < 1.29 is 30.3 Å². The predicted octanol–water partition coefficient (Wildman–Crippen LogP) is 1.01. The Balaban J connectivity index is 1.80. The van der Waals surface area contributed by atoms with E-state index >= 15 is 0 Å². The molecule has 0 aromatic carbocycles. The zero-order valence-electron chi connectivity index (χ0n) is 15.7. The van der Waals surface area contributed by atoms with Gasteiger partial charge in [-0.3, -0.25) is 4.79 Å². The molecule has 2 saturated carbocycles. The van der Waals surface area contributed by atoms with E-state index in [0.717, 1.165) is 5.57 Å². The van der Waals surface area contributed by atoms with Crippen LogP contribution in [0.25, 0.3) is 0 Å². The topological polar surface area (TPSA) is 118 Å². The summed E-state index contributed by atoms with van der Waals surface area (Å²) < 4.78 is 0. The van der Waals surface area contributed by atoms with Crippen molar-refractivity contribution in [1.82, 2.24) is 0 Å². The minimum absolute atomic E-state index is 0.0269. The van der Waals surface area contributed by atoms with Crippen molar-refractivity contribution in [1.29, 1.82) is 0 Å². The van der Waals surface area contributed by atoms with E-state index in [1.807, 2.05) is 13.0 Å². The smallest absolute Gasteiger partial charge is 0.192 e. The second-order valence-corrected chi connectivity index (χ2v) is 9.16. The van der Waals surface area contributed by atoms with Crippen molar-refractivity contribution in [2.45, 2.75) is 50.9 Å². The van der Waals surface area contributed by atoms with Crippen LogP contribution in [0.3, 0.4) is 0 Å². The molecule has 5 N–H and O–H groups in total. The van der Waals surface area contributed by atoms with E-state index in [9.17, 15) is 30.3 Å². The van der Waals surface area contributed by atoms with Gasteiger partial charge in [0.15, 0.2) is 11.4 Å². The van der Waals surface area contributed by atoms with Gasteiger partial charge in [0.25, 0.3) is 0 Å². The minimum atomic E-state index is -2.05. The summed E-state index contributed by atoms with van der Waals surface area (Å²) in [5.74, 6) is -0.930. The van der Waals surface area contributed by atoms with Crippen LogP contribution in [0.1, 0.15) is 33.1 Å². The van der Waals surface area contributed by atoms with E-state index in [1.54, 1.807) is 19.1 Å². The predicted molar refractivity (Wildman–Crippen MR) is 97.5 cm³/mol. The van der Waals surface area contributed by atoms with Crippen LogP contribution in [0.15, 0.2) is 35.6 Å². The second-order valence-electron chi connectivity index (χ2n) is 9.16. The molecule has 2 unspecified atom stereocenters. The maximum atomic E-state index is 12.4. The van der Waals surface area contributed by atoms with Gasteiger partial charge in [-0.2, -0.15) is 0 Å². The molecular formula is C21H28O6. The Labute approximate surface area is 158 Å². The van der Waals surface area contributed by atoms with Crippen LogP contribution in [-0.2, 0) is 4.79 Å². The van der Waals surface area contributed by atoms with Gasteiger partial charge in [-0.15, -0.1) is 0 Å². The lowest BCUT2D eigenvalue weighted by Gasteiger charge is -2.58. The summed E-state index contributed by atoms with van der Waals surface area (Å²) in [6.45, 7) is 2.96. The van der Waals surface area contributed by atoms with Crippen molar-refractivity contribution in [2.24, 2.45) is 28.6 Å². The Morgan fingerprint density at radius 2 is 2.00 bits per heavy atom. The third kappa shape index (κ3) is 2.18. The molecular weight excluding hydrogens is 348 g/mol. The van der Waals surface area contributed by atoms with Gasteiger partial charge in [0.05, 0.1) is 12.2 Å². The number of aliphatic hydroxyl groups is 5. The molecule has 0 aromatic rings. The Bertz CT molecular complexity index is 769. The van der Waals surface area contributed by atoms with Gasteiger partial charge in [-0.1, -0.05) is 26.0 Å². The van der Waals surface area contributed by atoms with Crippen molar-refractivity contribution in [3.63, 3.8) is 0 Å². The van der Waals surface area contributed by atoms with Gasteiger partial charge in [0, 0.05) is 16.7 Å². The van der Waals surface area contributed by atoms with Crippen LogP contribution in [-0.4, -0.2) is 55.7 Å². The fourth-order valence-corrected chi connectivity index (χ4v) is 6.73. The Morgan fingerprint density at radius 1 is 1.30 bits per heavy atom. The SMILES string of the molecule is C[C@]12C=CC(O)=CC1=CC[C@@H]1[C@@H]2C(O)C[C@@]2(C)[C@H]1CC(O)[C@]2(O)C(=O)CO. The van der Waals surface area contributed by atoms with Crippen molar-refractivity contribution in [3.8, 4) is 0 Å². The van der Waals surface area contributed by atoms with Crippen molar-refractivity contribution >= 4 is 5.78 Å². The number of fused-ring (bicyclic) bond motifs is 5. The molecule has 6 heteroatoms. The summed E-state index contributed by atoms with van der Waals surface area (Å²) in [6, 6.07) is 0. The van der Waals surface area contributed by atoms with Crippen LogP contribution in [0.5, 0.6) is 0 Å². The normalized spacial score (nSPS) is 51.0. The molecule has 0 bridgehead atoms. The van der Waals surface area contributed by atoms with E-state index in [1.165, 1.54) is 0 Å². The van der Waals surface area contributed by atoms with Gasteiger partial charge < -0.3 is 25.5 Å². The Kier molecular flexibility index (Phi) is 4.03. The zero-order valence-corrected chi connectivity index (χ0v) is 15.7. The maximum Gasteiger partial charge on any atom is 0.192 e. The van der Waals surface area contributed by atoms with Crippen molar-refractivity contribution in [2.75, 3.05) is 6.61 Å². The molecule has 0 saturated heterocycles. The molecule has 0 spiro atoms. The van der Waals surface area contributed by atoms with E-state index in [4.69, 9.17) is 0 Å². The number of ketones is 1. The summed E-state index contributed by atoms with van der Waals surface area (Å²) in [5, 5.41) is 52.2. The van der Waals surface area contributed by atoms with Crippen LogP contribution in [0.2, 0.25) is 0 Å². The largest absolute Gasteiger partial charge is 0.508 e. The lowest BCUT2D eigenvalue weighted by molar-refractivity contribution is -0.188. The molecule has 0 aromatic heterocycles. The van der Waals surface area contributed by atoms with Gasteiger partial charge >= 0.3 is 0 Å². The zero-order chi connectivity index (χ0) is 19.8. The highest BCUT2D eigenvalue weighted by molar-refractivity contribution is 5.90. The monoisotopic (exact) mass is 376 g/mol. The minimum Gasteiger partial charge on any atom is -0.508 e. The highest BCUT2D eigenvalue weighted by atomic mass is 16.4. The third-order valence-electron chi connectivity index (χ3n) is 8.07. The number of carbonyl (C=O) groups is 1. The van der Waals surface area contributed by atoms with Crippen LogP contribution >= 0.6 is 0 Å². The highest BCUT2D eigenvalue weighted by Crippen LogP contribution is 2.66. The van der Waals surface area contributed by atoms with Gasteiger partial charge in [0.1, 0.15) is 12.4 Å². The molecule has 4 aliphatic rings. The molecule has 2 fully saturated rings. The summed E-state index contributed by atoms with van der Waals surface area (Å²) in [7, 11) is 0. The van der Waals surface area contributed by atoms with E-state index < -0.39 is 41.0 Å². The first-order chi connectivity index (χ1) is 12.6. The van der Waals surface area contributed by atoms with Crippen LogP contribution in [0.4, 0.5) is 0 Å². The lowest BCUT2D eigenvalue weighted by atomic mass is 9.47. The van der Waals surface area contributed by atoms with Crippen LogP contribution < -0.4 is 0 Å². The quantitative estimate of drug-likeness (QED) is 0.491. The van der Waals surface area contributed by atoms with Gasteiger partial charge in [-0.05, 0) is 48.8 Å². The fourth-order valence-electron chi connectivity index (χ4n) is 6.73. The highest BCUT2D eigenvalue weighted by Gasteiger charge is 2.71. The average molecular weight is 376 g/mol. The average Bonchev–Trinajstić information content (AvgIpc) is 2.82. The summed E-state index contributed by atoms with van der Waals surface area (Å²) >= 11 is 0. The number of Topliss-reactive ketones (excluding diaryl/α,β-unsaturated/α-hetero) is 1. The van der Waals surface area contributed by atoms with Gasteiger partial charge in [-0.25, -0.2) is 0 Å². The van der Waals surface area contributed by atoms with E-state index in [0.29, 0.717) is 6.42 Å². The maximum absolute atomic E-state index is 12.4. The molecule has 8 atom stereocenters. The van der Waals surface area contributed by atoms with E-state index in [2.05, 4.69) is 6.08 Å². The number of allylic oxidation sites excluding steroid dienone is 5. The summed E-state index contributed by atoms with van der Waals surface area (Å²) in [5.41, 5.74) is -2.55. The molecule has 6 nitrogen and oxygen atoms in total. The molecule has 4 rings (SSSR count). The number of hydrogen-bond donors (Lipinski definition) is 5. The van der Waals surface area contributed by atoms with Crippen molar-refractivity contribution in [3.05, 3.63) is 35.6 Å². The molecule has 0 aliphatic heterocycles. The standard InChI is InChI=1S/C21H28O6/c1-19-6-5-12(23)7-11(19)3-4-13-14-8-16(25)21(27,17(26)10-22)20(14,2)9-15(24)18(13)19/h3,5-7,13-16,18,22-25,27H,4,8-10H2,1-2H3/t13-,14-,15?,16?,18+,19-,20-,21-/m0/s1. The van der Waals surface area contributed by atoms with Crippen LogP contribution in [0, 0.1) is 28.6 Å². The summed E-state index contributed by atoms with van der Waals surface area (Å²) in [4.78, 5) is 12.4. The molecule has 4 aliphatic carbocycles. The molecule has 0 heterocycles. The summed E-state index contributed by atoms with van der Waals surface area (Å²) in [6.07, 6.45) is 6.38. The third-order valence-corrected chi connectivity index (χ3v) is 8.07. The molecule has 27 heavy (non-hydrogen) atoms. The Hall–Kier alpha value is -1.47. The fraction of sp³-hybridized carbons (Fsp3) is 0.667. The number of hydrogen-bond acceptors (Lipinski definition) is 6. The number of rotatable bonds is 2. The first-order valence-corrected chi connectivity index (χ1v) is 9.63. The molecule has 0 radical (unpaired) electrons. The van der Waals surface area contributed by atoms with Gasteiger partial charge in [0.2, 0.25) is 0 Å². The molecule has 148 valence electrons. The number of carbonyl (C=O) groups excluding carboxylic acids is 1. The number of aliphatic hydroxyl groups excluding tert-OH is 4. The first-order valence-electron chi connectivity index (χ1n) is 9.63. The first kappa shape index (κ1) is 18.9. The molecule has 0 amide bonds. The van der Waals surface area contributed by atoms with E-state index in [-0.39, 0.29) is 36.4 Å².